The van der Waals surface area contributed by atoms with E-state index in [1.54, 1.807) is 0 Å². The summed E-state index contributed by atoms with van der Waals surface area (Å²) in [4.78, 5) is 15.0. The van der Waals surface area contributed by atoms with Crippen LogP contribution in [0.2, 0.25) is 0 Å². The Balaban J connectivity index is 1.40. The van der Waals surface area contributed by atoms with Crippen LogP contribution in [0.3, 0.4) is 0 Å². The fourth-order valence-corrected chi connectivity index (χ4v) is 4.54. The average molecular weight is 367 g/mol. The average Bonchev–Trinajstić information content (AvgIpc) is 3.17. The van der Waals surface area contributed by atoms with Gasteiger partial charge in [0, 0.05) is 42.8 Å². The third kappa shape index (κ3) is 3.93. The minimum atomic E-state index is -0.183. The monoisotopic (exact) mass is 367 g/mol. The summed E-state index contributed by atoms with van der Waals surface area (Å²) in [5.74, 6) is 0.855. The number of rotatable bonds is 3. The normalized spacial score (nSPS) is 23.3. The molecule has 1 aromatic carbocycles. The first-order chi connectivity index (χ1) is 13.0. The van der Waals surface area contributed by atoms with E-state index in [0.717, 1.165) is 38.8 Å². The molecule has 0 saturated carbocycles. The number of nitrogens with one attached hydrogen (secondary N) is 1. The molecule has 27 heavy (non-hydrogen) atoms. The largest absolute Gasteiger partial charge is 0.376 e. The Morgan fingerprint density at radius 1 is 1.19 bits per heavy atom. The second kappa shape index (κ2) is 7.47. The number of hydrogen-bond acceptors (Lipinski definition) is 3. The SMILES string of the molecule is CC1(C)CC(C(=O)N2CCC(c3[nH]ncc3-c3ccccc3)CC2)CCO1. The van der Waals surface area contributed by atoms with Crippen LogP contribution in [0.25, 0.3) is 11.1 Å². The smallest absolute Gasteiger partial charge is 0.225 e. The zero-order chi connectivity index (χ0) is 18.9. The topological polar surface area (TPSA) is 58.2 Å². The molecule has 0 radical (unpaired) electrons. The standard InChI is InChI=1S/C22H29N3O2/c1-22(2)14-18(10-13-27-22)21(26)25-11-8-17(9-12-25)20-19(15-23-24-20)16-6-4-3-5-7-16/h3-7,15,17-18H,8-14H2,1-2H3,(H,23,24). The van der Waals surface area contributed by atoms with Gasteiger partial charge in [0.2, 0.25) is 5.91 Å². The Kier molecular flexibility index (Phi) is 5.04. The van der Waals surface area contributed by atoms with Crippen molar-refractivity contribution in [1.29, 1.82) is 0 Å². The first kappa shape index (κ1) is 18.2. The lowest BCUT2D eigenvalue weighted by Crippen LogP contribution is -2.46. The molecule has 1 N–H and O–H groups in total. The van der Waals surface area contributed by atoms with Crippen molar-refractivity contribution in [2.24, 2.45) is 5.92 Å². The van der Waals surface area contributed by atoms with E-state index >= 15 is 0 Å². The lowest BCUT2D eigenvalue weighted by Gasteiger charge is -2.39. The number of aromatic amines is 1. The molecule has 1 atom stereocenters. The Morgan fingerprint density at radius 3 is 2.63 bits per heavy atom. The maximum absolute atomic E-state index is 13.0. The number of nitrogens with zero attached hydrogens (tertiary/aromatic N) is 2. The van der Waals surface area contributed by atoms with Gasteiger partial charge in [-0.25, -0.2) is 0 Å². The molecule has 1 amide bonds. The maximum atomic E-state index is 13.0. The van der Waals surface area contributed by atoms with Crippen LogP contribution >= 0.6 is 0 Å². The van der Waals surface area contributed by atoms with Gasteiger partial charge >= 0.3 is 0 Å². The number of amides is 1. The van der Waals surface area contributed by atoms with Crippen molar-refractivity contribution in [2.75, 3.05) is 19.7 Å². The second-order valence-electron chi connectivity index (χ2n) is 8.46. The highest BCUT2D eigenvalue weighted by atomic mass is 16.5. The van der Waals surface area contributed by atoms with Crippen LogP contribution in [0.4, 0.5) is 0 Å². The second-order valence-corrected chi connectivity index (χ2v) is 8.46. The number of carbonyl (C=O) groups excluding carboxylic acids is 1. The van der Waals surface area contributed by atoms with Gasteiger partial charge in [-0.2, -0.15) is 5.10 Å². The molecule has 0 bridgehead atoms. The lowest BCUT2D eigenvalue weighted by molar-refractivity contribution is -0.146. The van der Waals surface area contributed by atoms with Gasteiger partial charge in [-0.3, -0.25) is 9.89 Å². The minimum absolute atomic E-state index is 0.109. The number of carbonyl (C=O) groups is 1. The summed E-state index contributed by atoms with van der Waals surface area (Å²) in [6, 6.07) is 10.4. The molecule has 1 aromatic heterocycles. The molecule has 144 valence electrons. The summed E-state index contributed by atoms with van der Waals surface area (Å²) >= 11 is 0. The van der Waals surface area contributed by atoms with Crippen molar-refractivity contribution in [3.05, 3.63) is 42.2 Å². The molecule has 1 unspecified atom stereocenters. The predicted octanol–water partition coefficient (Wildman–Crippen LogP) is 3.99. The summed E-state index contributed by atoms with van der Waals surface area (Å²) in [6.45, 7) is 6.52. The predicted molar refractivity (Wildman–Crippen MR) is 105 cm³/mol. The maximum Gasteiger partial charge on any atom is 0.225 e. The van der Waals surface area contributed by atoms with Crippen molar-refractivity contribution in [2.45, 2.75) is 51.0 Å². The molecule has 0 spiro atoms. The Labute approximate surface area is 161 Å². The van der Waals surface area contributed by atoms with Gasteiger partial charge in [0.05, 0.1) is 11.8 Å². The number of benzene rings is 1. The van der Waals surface area contributed by atoms with Gasteiger partial charge < -0.3 is 9.64 Å². The summed E-state index contributed by atoms with van der Waals surface area (Å²) in [5.41, 5.74) is 3.41. The van der Waals surface area contributed by atoms with Gasteiger partial charge in [-0.05, 0) is 45.1 Å². The molecule has 2 aromatic rings. The van der Waals surface area contributed by atoms with Crippen LogP contribution in [0.15, 0.2) is 36.5 Å². The van der Waals surface area contributed by atoms with Crippen LogP contribution in [0, 0.1) is 5.92 Å². The first-order valence-electron chi connectivity index (χ1n) is 10.0. The molecule has 5 heteroatoms. The molecule has 4 rings (SSSR count). The molecule has 2 fully saturated rings. The van der Waals surface area contributed by atoms with Crippen LogP contribution in [-0.2, 0) is 9.53 Å². The van der Waals surface area contributed by atoms with E-state index in [0.29, 0.717) is 18.4 Å². The van der Waals surface area contributed by atoms with Gasteiger partial charge in [-0.15, -0.1) is 0 Å². The third-order valence-corrected chi connectivity index (χ3v) is 6.01. The van der Waals surface area contributed by atoms with Crippen LogP contribution in [-0.4, -0.2) is 46.3 Å². The zero-order valence-corrected chi connectivity index (χ0v) is 16.3. The van der Waals surface area contributed by atoms with E-state index in [-0.39, 0.29) is 11.5 Å². The number of hydrogen-bond donors (Lipinski definition) is 1. The van der Waals surface area contributed by atoms with E-state index in [1.807, 2.05) is 12.3 Å². The van der Waals surface area contributed by atoms with E-state index < -0.39 is 0 Å². The number of aromatic nitrogens is 2. The van der Waals surface area contributed by atoms with E-state index in [2.05, 4.69) is 53.2 Å². The third-order valence-electron chi connectivity index (χ3n) is 6.01. The molecule has 5 nitrogen and oxygen atoms in total. The molecular weight excluding hydrogens is 338 g/mol. The van der Waals surface area contributed by atoms with Crippen LogP contribution in [0.1, 0.15) is 51.1 Å². The summed E-state index contributed by atoms with van der Waals surface area (Å²) in [5, 5.41) is 7.52. The molecule has 2 aliphatic heterocycles. The molecule has 2 saturated heterocycles. The fourth-order valence-electron chi connectivity index (χ4n) is 4.54. The summed E-state index contributed by atoms with van der Waals surface area (Å²) < 4.78 is 5.77. The van der Waals surface area contributed by atoms with E-state index in [9.17, 15) is 4.79 Å². The number of ether oxygens (including phenoxy) is 1. The fraction of sp³-hybridized carbons (Fsp3) is 0.545. The van der Waals surface area contributed by atoms with Crippen molar-refractivity contribution in [3.63, 3.8) is 0 Å². The van der Waals surface area contributed by atoms with Gasteiger partial charge in [0.1, 0.15) is 0 Å². The highest BCUT2D eigenvalue weighted by Gasteiger charge is 2.36. The quantitative estimate of drug-likeness (QED) is 0.892. The van der Waals surface area contributed by atoms with Crippen molar-refractivity contribution in [3.8, 4) is 11.1 Å². The Hall–Kier alpha value is -2.14. The van der Waals surface area contributed by atoms with E-state index in [1.165, 1.54) is 16.8 Å². The summed E-state index contributed by atoms with van der Waals surface area (Å²) in [7, 11) is 0. The molecule has 3 heterocycles. The summed E-state index contributed by atoms with van der Waals surface area (Å²) in [6.07, 6.45) is 5.57. The highest BCUT2D eigenvalue weighted by Crippen LogP contribution is 2.35. The van der Waals surface area contributed by atoms with Gasteiger partial charge in [0.25, 0.3) is 0 Å². The lowest BCUT2D eigenvalue weighted by atomic mass is 9.85. The minimum Gasteiger partial charge on any atom is -0.376 e. The number of likely N-dealkylation sites (tertiary alicyclic amines) is 1. The van der Waals surface area contributed by atoms with Crippen molar-refractivity contribution >= 4 is 5.91 Å². The molecule has 0 aliphatic carbocycles. The zero-order valence-electron chi connectivity index (χ0n) is 16.3. The highest BCUT2D eigenvalue weighted by molar-refractivity contribution is 5.79. The number of piperidine rings is 1. The number of H-pyrrole nitrogens is 1. The van der Waals surface area contributed by atoms with Crippen molar-refractivity contribution < 1.29 is 9.53 Å². The van der Waals surface area contributed by atoms with Crippen LogP contribution < -0.4 is 0 Å². The first-order valence-corrected chi connectivity index (χ1v) is 10.0. The molecule has 2 aliphatic rings. The Bertz CT molecular complexity index is 776. The van der Waals surface area contributed by atoms with Gasteiger partial charge in [-0.1, -0.05) is 30.3 Å². The van der Waals surface area contributed by atoms with Gasteiger partial charge in [0.15, 0.2) is 0 Å². The Morgan fingerprint density at radius 2 is 1.93 bits per heavy atom. The van der Waals surface area contributed by atoms with Crippen molar-refractivity contribution in [1.82, 2.24) is 15.1 Å². The molecular formula is C22H29N3O2. The van der Waals surface area contributed by atoms with E-state index in [4.69, 9.17) is 4.74 Å². The van der Waals surface area contributed by atoms with Crippen LogP contribution in [0.5, 0.6) is 0 Å².